The van der Waals surface area contributed by atoms with Crippen LogP contribution >= 0.6 is 11.3 Å². The molecule has 3 nitrogen and oxygen atoms in total. The van der Waals surface area contributed by atoms with Gasteiger partial charge in [-0.2, -0.15) is 0 Å². The minimum atomic E-state index is 0.293. The van der Waals surface area contributed by atoms with Gasteiger partial charge in [0.05, 0.1) is 11.2 Å². The summed E-state index contributed by atoms with van der Waals surface area (Å²) in [5.41, 5.74) is 5.24. The van der Waals surface area contributed by atoms with Gasteiger partial charge in [0.1, 0.15) is 12.4 Å². The monoisotopic (exact) mass is 290 g/mol. The molecule has 0 aliphatic heterocycles. The van der Waals surface area contributed by atoms with Crippen molar-refractivity contribution in [3.8, 4) is 5.75 Å². The van der Waals surface area contributed by atoms with Crippen molar-refractivity contribution in [1.82, 2.24) is 10.3 Å². The first-order valence-electron chi connectivity index (χ1n) is 7.04. The fourth-order valence-electron chi connectivity index (χ4n) is 2.06. The third kappa shape index (κ3) is 4.05. The SMILES string of the molecule is CCCNC(C)c1ccc(C)cc1OCc1cscn1. The van der Waals surface area contributed by atoms with E-state index in [1.54, 1.807) is 11.3 Å². The molecular weight excluding hydrogens is 268 g/mol. The molecule has 2 rings (SSSR count). The van der Waals surface area contributed by atoms with Gasteiger partial charge in [-0.15, -0.1) is 11.3 Å². The predicted molar refractivity (Wildman–Crippen MR) is 84.3 cm³/mol. The number of hydrogen-bond acceptors (Lipinski definition) is 4. The van der Waals surface area contributed by atoms with Gasteiger partial charge in [0.25, 0.3) is 0 Å². The smallest absolute Gasteiger partial charge is 0.131 e. The Balaban J connectivity index is 2.10. The van der Waals surface area contributed by atoms with E-state index in [4.69, 9.17) is 4.74 Å². The predicted octanol–water partition coefficient (Wildman–Crippen LogP) is 4.09. The van der Waals surface area contributed by atoms with Crippen molar-refractivity contribution in [3.63, 3.8) is 0 Å². The molecule has 1 atom stereocenters. The number of nitrogens with zero attached hydrogens (tertiary/aromatic N) is 1. The summed E-state index contributed by atoms with van der Waals surface area (Å²) in [6.07, 6.45) is 1.13. The highest BCUT2D eigenvalue weighted by Crippen LogP contribution is 2.27. The topological polar surface area (TPSA) is 34.1 Å². The zero-order valence-corrected chi connectivity index (χ0v) is 13.2. The maximum atomic E-state index is 5.97. The molecule has 0 radical (unpaired) electrons. The second-order valence-electron chi connectivity index (χ2n) is 4.99. The van der Waals surface area contributed by atoms with Crippen LogP contribution in [0.5, 0.6) is 5.75 Å². The Labute approximate surface area is 125 Å². The highest BCUT2D eigenvalue weighted by molar-refractivity contribution is 7.07. The van der Waals surface area contributed by atoms with E-state index in [9.17, 15) is 0 Å². The summed E-state index contributed by atoms with van der Waals surface area (Å²) < 4.78 is 5.97. The first-order valence-corrected chi connectivity index (χ1v) is 7.98. The molecule has 0 bridgehead atoms. The third-order valence-corrected chi connectivity index (χ3v) is 3.83. The highest BCUT2D eigenvalue weighted by Gasteiger charge is 2.11. The van der Waals surface area contributed by atoms with Gasteiger partial charge in [0.2, 0.25) is 0 Å². The van der Waals surface area contributed by atoms with E-state index in [2.05, 4.69) is 49.3 Å². The van der Waals surface area contributed by atoms with Crippen LogP contribution < -0.4 is 10.1 Å². The summed E-state index contributed by atoms with van der Waals surface area (Å²) in [6, 6.07) is 6.68. The molecule has 0 fully saturated rings. The summed E-state index contributed by atoms with van der Waals surface area (Å²) in [5, 5.41) is 5.53. The van der Waals surface area contributed by atoms with E-state index in [0.717, 1.165) is 24.4 Å². The van der Waals surface area contributed by atoms with Crippen molar-refractivity contribution in [2.45, 2.75) is 39.8 Å². The Hall–Kier alpha value is -1.39. The summed E-state index contributed by atoms with van der Waals surface area (Å²) in [6.45, 7) is 7.98. The summed E-state index contributed by atoms with van der Waals surface area (Å²) in [7, 11) is 0. The second-order valence-corrected chi connectivity index (χ2v) is 5.70. The van der Waals surface area contributed by atoms with Gasteiger partial charge in [-0.3, -0.25) is 0 Å². The zero-order chi connectivity index (χ0) is 14.4. The molecule has 0 aliphatic carbocycles. The molecule has 0 saturated heterocycles. The molecule has 1 aromatic heterocycles. The van der Waals surface area contributed by atoms with Crippen LogP contribution in [0.3, 0.4) is 0 Å². The second kappa shape index (κ2) is 7.41. The molecule has 0 spiro atoms. The standard InChI is InChI=1S/C16H22N2OS/c1-4-7-17-13(3)15-6-5-12(2)8-16(15)19-9-14-10-20-11-18-14/h5-6,8,10-11,13,17H,4,7,9H2,1-3H3. The Morgan fingerprint density at radius 1 is 1.40 bits per heavy atom. The normalized spacial score (nSPS) is 12.3. The molecule has 4 heteroatoms. The lowest BCUT2D eigenvalue weighted by Crippen LogP contribution is -2.20. The molecule has 1 unspecified atom stereocenters. The molecular formula is C16H22N2OS. The number of rotatable bonds is 7. The van der Waals surface area contributed by atoms with Crippen molar-refractivity contribution in [1.29, 1.82) is 0 Å². The number of benzene rings is 1. The molecule has 0 saturated carbocycles. The lowest BCUT2D eigenvalue weighted by atomic mass is 10.0. The summed E-state index contributed by atoms with van der Waals surface area (Å²) in [4.78, 5) is 4.26. The van der Waals surface area contributed by atoms with E-state index < -0.39 is 0 Å². The van der Waals surface area contributed by atoms with Crippen LogP contribution in [-0.2, 0) is 6.61 Å². The van der Waals surface area contributed by atoms with Gasteiger partial charge < -0.3 is 10.1 Å². The van der Waals surface area contributed by atoms with Crippen LogP contribution in [0.4, 0.5) is 0 Å². The average molecular weight is 290 g/mol. The maximum Gasteiger partial charge on any atom is 0.131 e. The van der Waals surface area contributed by atoms with Crippen molar-refractivity contribution >= 4 is 11.3 Å². The quantitative estimate of drug-likeness (QED) is 0.834. The summed E-state index contributed by atoms with van der Waals surface area (Å²) in [5.74, 6) is 0.953. The van der Waals surface area contributed by atoms with Gasteiger partial charge in [-0.1, -0.05) is 19.1 Å². The fraction of sp³-hybridized carbons (Fsp3) is 0.438. The molecule has 2 aromatic rings. The van der Waals surface area contributed by atoms with E-state index in [1.165, 1.54) is 11.1 Å². The third-order valence-electron chi connectivity index (χ3n) is 3.20. The lowest BCUT2D eigenvalue weighted by molar-refractivity contribution is 0.295. The molecule has 20 heavy (non-hydrogen) atoms. The van der Waals surface area contributed by atoms with Gasteiger partial charge in [0, 0.05) is 17.0 Å². The summed E-state index contributed by atoms with van der Waals surface area (Å²) >= 11 is 1.60. The van der Waals surface area contributed by atoms with Crippen molar-refractivity contribution < 1.29 is 4.74 Å². The Kier molecular flexibility index (Phi) is 5.56. The lowest BCUT2D eigenvalue weighted by Gasteiger charge is -2.18. The minimum absolute atomic E-state index is 0.293. The fourth-order valence-corrected chi connectivity index (χ4v) is 2.60. The molecule has 0 amide bonds. The van der Waals surface area contributed by atoms with Crippen molar-refractivity contribution in [2.75, 3.05) is 6.54 Å². The van der Waals surface area contributed by atoms with Crippen LogP contribution in [0.1, 0.15) is 43.1 Å². The number of aryl methyl sites for hydroxylation is 1. The Morgan fingerprint density at radius 3 is 2.95 bits per heavy atom. The Morgan fingerprint density at radius 2 is 2.25 bits per heavy atom. The van der Waals surface area contributed by atoms with Crippen LogP contribution in [0.2, 0.25) is 0 Å². The average Bonchev–Trinajstić information content (AvgIpc) is 2.96. The number of hydrogen-bond donors (Lipinski definition) is 1. The zero-order valence-electron chi connectivity index (χ0n) is 12.3. The van der Waals surface area contributed by atoms with E-state index in [-0.39, 0.29) is 0 Å². The van der Waals surface area contributed by atoms with Crippen LogP contribution in [0.15, 0.2) is 29.1 Å². The molecule has 1 aromatic carbocycles. The molecule has 108 valence electrons. The molecule has 1 N–H and O–H groups in total. The van der Waals surface area contributed by atoms with Gasteiger partial charge in [-0.05, 0) is 38.4 Å². The largest absolute Gasteiger partial charge is 0.487 e. The maximum absolute atomic E-state index is 5.97. The minimum Gasteiger partial charge on any atom is -0.487 e. The number of thiazole rings is 1. The highest BCUT2D eigenvalue weighted by atomic mass is 32.1. The number of aromatic nitrogens is 1. The molecule has 1 heterocycles. The van der Waals surface area contributed by atoms with Crippen molar-refractivity contribution in [2.24, 2.45) is 0 Å². The number of ether oxygens (including phenoxy) is 1. The van der Waals surface area contributed by atoms with Crippen LogP contribution in [0, 0.1) is 6.92 Å². The van der Waals surface area contributed by atoms with E-state index in [0.29, 0.717) is 12.6 Å². The van der Waals surface area contributed by atoms with Gasteiger partial charge in [-0.25, -0.2) is 4.98 Å². The molecule has 0 aliphatic rings. The van der Waals surface area contributed by atoms with Gasteiger partial charge >= 0.3 is 0 Å². The van der Waals surface area contributed by atoms with E-state index >= 15 is 0 Å². The first-order chi connectivity index (χ1) is 9.70. The van der Waals surface area contributed by atoms with Crippen LogP contribution in [0.25, 0.3) is 0 Å². The first kappa shape index (κ1) is 15.0. The number of nitrogens with one attached hydrogen (secondary N) is 1. The Bertz CT molecular complexity index is 525. The van der Waals surface area contributed by atoms with Gasteiger partial charge in [0.15, 0.2) is 0 Å². The van der Waals surface area contributed by atoms with Crippen molar-refractivity contribution in [3.05, 3.63) is 45.9 Å². The van der Waals surface area contributed by atoms with E-state index in [1.807, 2.05) is 10.9 Å². The van der Waals surface area contributed by atoms with Crippen LogP contribution in [-0.4, -0.2) is 11.5 Å².